The zero-order chi connectivity index (χ0) is 37.0. The van der Waals surface area contributed by atoms with E-state index in [2.05, 4.69) is 235 Å². The number of nitrogens with zero attached hydrogens (tertiary/aromatic N) is 2. The molecular formula is C53H40N2. The monoisotopic (exact) mass is 704 g/mol. The lowest BCUT2D eigenvalue weighted by Gasteiger charge is -2.26. The topological polar surface area (TPSA) is 8.17 Å². The number of para-hydroxylation sites is 3. The first kappa shape index (κ1) is 33.7. The van der Waals surface area contributed by atoms with Crippen molar-refractivity contribution in [2.24, 2.45) is 0 Å². The largest absolute Gasteiger partial charge is 0.310 e. The maximum atomic E-state index is 4.50. The van der Waals surface area contributed by atoms with Crippen molar-refractivity contribution in [1.82, 2.24) is 4.57 Å². The molecule has 2 nitrogen and oxygen atoms in total. The van der Waals surface area contributed by atoms with Crippen molar-refractivity contribution in [3.8, 4) is 27.9 Å². The highest BCUT2D eigenvalue weighted by atomic mass is 15.1. The van der Waals surface area contributed by atoms with Crippen LogP contribution in [0.25, 0.3) is 55.3 Å². The number of allylic oxidation sites excluding steroid dienone is 9. The number of hydrogen-bond acceptors (Lipinski definition) is 1. The van der Waals surface area contributed by atoms with Crippen molar-refractivity contribution >= 4 is 44.4 Å². The smallest absolute Gasteiger partial charge is 0.0541 e. The zero-order valence-corrected chi connectivity index (χ0v) is 30.6. The van der Waals surface area contributed by atoms with E-state index in [1.807, 2.05) is 0 Å². The number of rotatable bonds is 7. The van der Waals surface area contributed by atoms with Gasteiger partial charge in [0.2, 0.25) is 0 Å². The minimum atomic E-state index is 0.891. The van der Waals surface area contributed by atoms with E-state index in [0.29, 0.717) is 0 Å². The highest BCUT2D eigenvalue weighted by Crippen LogP contribution is 2.40. The Kier molecular flexibility index (Phi) is 9.22. The lowest BCUT2D eigenvalue weighted by Crippen LogP contribution is -2.09. The summed E-state index contributed by atoms with van der Waals surface area (Å²) in [6, 6.07) is 63.3. The molecule has 0 bridgehead atoms. The molecule has 0 N–H and O–H groups in total. The summed E-state index contributed by atoms with van der Waals surface area (Å²) in [6.45, 7) is 4.50. The van der Waals surface area contributed by atoms with E-state index >= 15 is 0 Å². The number of hydrogen-bond donors (Lipinski definition) is 0. The number of aromatic nitrogens is 1. The first-order valence-corrected chi connectivity index (χ1v) is 18.9. The molecule has 0 saturated carbocycles. The summed E-state index contributed by atoms with van der Waals surface area (Å²) in [6.07, 6.45) is 15.9. The third-order valence-electron chi connectivity index (χ3n) is 10.3. The Hall–Kier alpha value is -7.16. The van der Waals surface area contributed by atoms with E-state index in [1.165, 1.54) is 33.0 Å². The molecule has 8 aromatic rings. The van der Waals surface area contributed by atoms with Crippen molar-refractivity contribution in [2.45, 2.75) is 6.42 Å². The molecule has 0 unspecified atom stereocenters. The van der Waals surface area contributed by atoms with Crippen molar-refractivity contribution in [3.63, 3.8) is 0 Å². The molecule has 0 atom stereocenters. The van der Waals surface area contributed by atoms with Gasteiger partial charge in [-0.25, -0.2) is 0 Å². The molecule has 2 heteroatoms. The molecule has 1 heterocycles. The van der Waals surface area contributed by atoms with Gasteiger partial charge in [0, 0.05) is 33.5 Å². The van der Waals surface area contributed by atoms with Gasteiger partial charge in [-0.15, -0.1) is 0 Å². The molecule has 0 aliphatic heterocycles. The maximum absolute atomic E-state index is 4.50. The molecule has 1 aliphatic rings. The minimum Gasteiger partial charge on any atom is -0.310 e. The Labute approximate surface area is 323 Å². The Bertz CT molecular complexity index is 2740. The predicted octanol–water partition coefficient (Wildman–Crippen LogP) is 14.6. The van der Waals surface area contributed by atoms with Crippen molar-refractivity contribution in [2.75, 3.05) is 4.90 Å². The van der Waals surface area contributed by atoms with Crippen LogP contribution in [-0.4, -0.2) is 4.57 Å². The number of benzene rings is 7. The highest BCUT2D eigenvalue weighted by molar-refractivity contribution is 6.10. The molecule has 262 valence electrons. The van der Waals surface area contributed by atoms with Gasteiger partial charge in [0.25, 0.3) is 0 Å². The van der Waals surface area contributed by atoms with Crippen LogP contribution in [-0.2, 0) is 0 Å². The second-order valence-corrected chi connectivity index (χ2v) is 13.8. The Balaban J connectivity index is 1.20. The highest BCUT2D eigenvalue weighted by Gasteiger charge is 2.18. The fraction of sp³-hybridized carbons (Fsp3) is 0.0189. The number of fused-ring (bicyclic) bond motifs is 3. The van der Waals surface area contributed by atoms with E-state index in [1.54, 1.807) is 0 Å². The third kappa shape index (κ3) is 6.78. The second kappa shape index (κ2) is 15.1. The van der Waals surface area contributed by atoms with Crippen LogP contribution in [0.1, 0.15) is 12.0 Å². The van der Waals surface area contributed by atoms with E-state index in [0.717, 1.165) is 57.0 Å². The predicted molar refractivity (Wildman–Crippen MR) is 235 cm³/mol. The van der Waals surface area contributed by atoms with Crippen LogP contribution in [0, 0.1) is 0 Å². The van der Waals surface area contributed by atoms with Gasteiger partial charge in [-0.3, -0.25) is 0 Å². The Morgan fingerprint density at radius 1 is 0.436 bits per heavy atom. The standard InChI is InChI=1S/C53H40N2/c1-39-20-9-4-2-3-5-16-29-49(39)44-34-43(40-21-10-6-11-22-40)36-48(37-44)55-52-31-18-17-30-50(52)51-38-42(32-33-53(51)55)41-23-19-28-47(35-41)54(45-24-12-7-13-25-45)46-26-14-8-15-27-46/h2,4-38H,1,3H2/b4-2-,16-5-,20-9-,49-29+. The van der Waals surface area contributed by atoms with Gasteiger partial charge in [0.05, 0.1) is 11.0 Å². The summed E-state index contributed by atoms with van der Waals surface area (Å²) >= 11 is 0. The van der Waals surface area contributed by atoms with Gasteiger partial charge in [-0.2, -0.15) is 0 Å². The SMILES string of the molecule is C=C1/C=C\C=C/C/C=C\C=C/1c1cc(-c2ccccc2)cc(-n2c3ccccc3c3cc(-c4cccc(N(c5ccccc5)c5ccccc5)c4)ccc32)c1. The molecule has 55 heavy (non-hydrogen) atoms. The molecular weight excluding hydrogens is 665 g/mol. The molecule has 0 fully saturated rings. The van der Waals surface area contributed by atoms with Gasteiger partial charge >= 0.3 is 0 Å². The van der Waals surface area contributed by atoms with Crippen LogP contribution in [0.5, 0.6) is 0 Å². The second-order valence-electron chi connectivity index (χ2n) is 13.8. The summed E-state index contributed by atoms with van der Waals surface area (Å²) in [4.78, 5) is 2.32. The third-order valence-corrected chi connectivity index (χ3v) is 10.3. The fourth-order valence-corrected chi connectivity index (χ4v) is 7.68. The van der Waals surface area contributed by atoms with Crippen LogP contribution in [0.15, 0.2) is 231 Å². The first-order chi connectivity index (χ1) is 27.2. The molecule has 9 rings (SSSR count). The Morgan fingerprint density at radius 2 is 1.05 bits per heavy atom. The average Bonchev–Trinajstić information content (AvgIpc) is 3.58. The average molecular weight is 705 g/mol. The van der Waals surface area contributed by atoms with E-state index < -0.39 is 0 Å². The quantitative estimate of drug-likeness (QED) is 0.160. The summed E-state index contributed by atoms with van der Waals surface area (Å²) in [5, 5.41) is 2.44. The maximum Gasteiger partial charge on any atom is 0.0541 e. The lowest BCUT2D eigenvalue weighted by atomic mass is 9.93. The fourth-order valence-electron chi connectivity index (χ4n) is 7.68. The van der Waals surface area contributed by atoms with Crippen LogP contribution in [0.4, 0.5) is 17.1 Å². The van der Waals surface area contributed by atoms with Gasteiger partial charge in [0.15, 0.2) is 0 Å². The van der Waals surface area contributed by atoms with Gasteiger partial charge in [-0.1, -0.05) is 152 Å². The summed E-state index contributed by atoms with van der Waals surface area (Å²) in [5.74, 6) is 0. The first-order valence-electron chi connectivity index (χ1n) is 18.9. The molecule has 0 saturated heterocycles. The van der Waals surface area contributed by atoms with Gasteiger partial charge < -0.3 is 9.47 Å². The summed E-state index contributed by atoms with van der Waals surface area (Å²) in [7, 11) is 0. The van der Waals surface area contributed by atoms with Gasteiger partial charge in [0.1, 0.15) is 0 Å². The molecule has 7 aromatic carbocycles. The molecule has 1 aromatic heterocycles. The van der Waals surface area contributed by atoms with Crippen LogP contribution >= 0.6 is 0 Å². The Morgan fingerprint density at radius 3 is 1.84 bits per heavy atom. The number of anilines is 3. The van der Waals surface area contributed by atoms with E-state index in [4.69, 9.17) is 0 Å². The van der Waals surface area contributed by atoms with E-state index in [-0.39, 0.29) is 0 Å². The molecule has 0 radical (unpaired) electrons. The normalized spacial score (nSPS) is 15.6. The molecule has 0 amide bonds. The van der Waals surface area contributed by atoms with Gasteiger partial charge in [-0.05, 0) is 118 Å². The lowest BCUT2D eigenvalue weighted by molar-refractivity contribution is 1.18. The van der Waals surface area contributed by atoms with Crippen molar-refractivity contribution in [3.05, 3.63) is 236 Å². The summed E-state index contributed by atoms with van der Waals surface area (Å²) < 4.78 is 2.42. The molecule has 0 spiro atoms. The summed E-state index contributed by atoms with van der Waals surface area (Å²) in [5.41, 5.74) is 14.7. The molecule has 1 aliphatic carbocycles. The van der Waals surface area contributed by atoms with Crippen molar-refractivity contribution < 1.29 is 0 Å². The van der Waals surface area contributed by atoms with E-state index in [9.17, 15) is 0 Å². The van der Waals surface area contributed by atoms with Crippen LogP contribution in [0.3, 0.4) is 0 Å². The van der Waals surface area contributed by atoms with Crippen LogP contribution < -0.4 is 4.90 Å². The van der Waals surface area contributed by atoms with Crippen LogP contribution in [0.2, 0.25) is 0 Å². The van der Waals surface area contributed by atoms with Crippen molar-refractivity contribution in [1.29, 1.82) is 0 Å². The zero-order valence-electron chi connectivity index (χ0n) is 30.6. The minimum absolute atomic E-state index is 0.891.